The van der Waals surface area contributed by atoms with Crippen molar-refractivity contribution in [2.24, 2.45) is 0 Å². The molecule has 66 valence electrons. The second kappa shape index (κ2) is 3.45. The number of benzene rings is 1. The largest absolute Gasteiger partial charge is 0.504 e. The number of phenolic OH excluding ortho intramolecular Hbond substituents is 1. The molecule has 0 bridgehead atoms. The van der Waals surface area contributed by atoms with Crippen molar-refractivity contribution in [1.82, 2.24) is 0 Å². The van der Waals surface area contributed by atoms with E-state index in [4.69, 9.17) is 9.84 Å². The van der Waals surface area contributed by atoms with Crippen molar-refractivity contribution >= 4 is 0 Å². The summed E-state index contributed by atoms with van der Waals surface area (Å²) in [6, 6.07) is 4.82. The second-order valence-electron chi connectivity index (χ2n) is 2.61. The van der Waals surface area contributed by atoms with Gasteiger partial charge in [-0.25, -0.2) is 0 Å². The molecule has 1 aromatic carbocycles. The molecule has 0 aliphatic heterocycles. The highest BCUT2D eigenvalue weighted by Crippen LogP contribution is 2.28. The lowest BCUT2D eigenvalue weighted by atomic mass is 10.1. The summed E-state index contributed by atoms with van der Waals surface area (Å²) in [6.07, 6.45) is -0.568. The quantitative estimate of drug-likeness (QED) is 0.702. The summed E-state index contributed by atoms with van der Waals surface area (Å²) in [5.74, 6) is 0.468. The molecule has 3 nitrogen and oxygen atoms in total. The predicted molar refractivity (Wildman–Crippen MR) is 45.3 cm³/mol. The van der Waals surface area contributed by atoms with E-state index in [-0.39, 0.29) is 5.75 Å². The summed E-state index contributed by atoms with van der Waals surface area (Å²) in [6.45, 7) is 1.64. The molecular weight excluding hydrogens is 156 g/mol. The first-order valence-electron chi connectivity index (χ1n) is 3.70. The Hall–Kier alpha value is -1.22. The minimum atomic E-state index is -0.568. The van der Waals surface area contributed by atoms with Crippen LogP contribution in [0, 0.1) is 0 Å². The number of aliphatic hydroxyl groups excluding tert-OH is 1. The molecule has 2 N–H and O–H groups in total. The lowest BCUT2D eigenvalue weighted by Gasteiger charge is -2.07. The number of aliphatic hydroxyl groups is 1. The Morgan fingerprint density at radius 3 is 2.50 bits per heavy atom. The van der Waals surface area contributed by atoms with Gasteiger partial charge in [0.1, 0.15) is 0 Å². The highest BCUT2D eigenvalue weighted by Gasteiger charge is 2.05. The topological polar surface area (TPSA) is 49.7 Å². The zero-order valence-corrected chi connectivity index (χ0v) is 7.11. The molecule has 0 heterocycles. The number of ether oxygens (including phenoxy) is 1. The van der Waals surface area contributed by atoms with Crippen molar-refractivity contribution in [3.63, 3.8) is 0 Å². The Labute approximate surface area is 71.2 Å². The lowest BCUT2D eigenvalue weighted by Crippen LogP contribution is -1.91. The van der Waals surface area contributed by atoms with Crippen molar-refractivity contribution in [2.45, 2.75) is 13.0 Å². The summed E-state index contributed by atoms with van der Waals surface area (Å²) >= 11 is 0. The minimum absolute atomic E-state index is 0.0518. The van der Waals surface area contributed by atoms with E-state index in [0.29, 0.717) is 11.3 Å². The predicted octanol–water partition coefficient (Wildman–Crippen LogP) is 1.45. The molecule has 0 saturated carbocycles. The Morgan fingerprint density at radius 2 is 2.08 bits per heavy atom. The van der Waals surface area contributed by atoms with Crippen LogP contribution in [-0.4, -0.2) is 17.3 Å². The monoisotopic (exact) mass is 168 g/mol. The van der Waals surface area contributed by atoms with Gasteiger partial charge < -0.3 is 14.9 Å². The highest BCUT2D eigenvalue weighted by molar-refractivity contribution is 5.42. The first-order chi connectivity index (χ1) is 5.65. The van der Waals surface area contributed by atoms with Gasteiger partial charge in [-0.2, -0.15) is 0 Å². The Balaban J connectivity index is 3.02. The van der Waals surface area contributed by atoms with Gasteiger partial charge in [0.2, 0.25) is 0 Å². The zero-order valence-electron chi connectivity index (χ0n) is 7.11. The van der Waals surface area contributed by atoms with Gasteiger partial charge in [-0.3, -0.25) is 0 Å². The average molecular weight is 168 g/mol. The molecule has 12 heavy (non-hydrogen) atoms. The van der Waals surface area contributed by atoms with Crippen molar-refractivity contribution in [1.29, 1.82) is 0 Å². The number of hydrogen-bond acceptors (Lipinski definition) is 3. The SMILES string of the molecule is COc1ccc([C@@H](C)O)cc1O. The number of rotatable bonds is 2. The maximum atomic E-state index is 9.30. The minimum Gasteiger partial charge on any atom is -0.504 e. The lowest BCUT2D eigenvalue weighted by molar-refractivity contribution is 0.198. The normalized spacial score (nSPS) is 12.6. The first kappa shape index (κ1) is 8.87. The third-order valence-electron chi connectivity index (χ3n) is 1.69. The van der Waals surface area contributed by atoms with Crippen LogP contribution in [0.2, 0.25) is 0 Å². The third-order valence-corrected chi connectivity index (χ3v) is 1.69. The maximum absolute atomic E-state index is 9.30. The van der Waals surface area contributed by atoms with Crippen molar-refractivity contribution in [3.8, 4) is 11.5 Å². The number of phenols is 1. The van der Waals surface area contributed by atoms with Crippen LogP contribution in [0.15, 0.2) is 18.2 Å². The Kier molecular flexibility index (Phi) is 2.55. The molecule has 0 aliphatic carbocycles. The van der Waals surface area contributed by atoms with E-state index in [1.54, 1.807) is 19.1 Å². The fourth-order valence-electron chi connectivity index (χ4n) is 0.967. The van der Waals surface area contributed by atoms with E-state index in [1.165, 1.54) is 13.2 Å². The molecule has 0 radical (unpaired) electrons. The summed E-state index contributed by atoms with van der Waals surface area (Å²) in [5, 5.41) is 18.5. The molecule has 1 aromatic rings. The molecular formula is C9H12O3. The van der Waals surface area contributed by atoms with Gasteiger partial charge in [0.25, 0.3) is 0 Å². The van der Waals surface area contributed by atoms with Crippen LogP contribution < -0.4 is 4.74 Å². The van der Waals surface area contributed by atoms with Crippen LogP contribution in [0.1, 0.15) is 18.6 Å². The van der Waals surface area contributed by atoms with E-state index in [9.17, 15) is 5.11 Å². The molecule has 0 fully saturated rings. The van der Waals surface area contributed by atoms with Crippen molar-refractivity contribution in [3.05, 3.63) is 23.8 Å². The summed E-state index contributed by atoms with van der Waals surface area (Å²) in [4.78, 5) is 0. The van der Waals surface area contributed by atoms with Gasteiger partial charge in [-0.15, -0.1) is 0 Å². The third kappa shape index (κ3) is 1.68. The van der Waals surface area contributed by atoms with E-state index >= 15 is 0 Å². The highest BCUT2D eigenvalue weighted by atomic mass is 16.5. The molecule has 1 rings (SSSR count). The van der Waals surface area contributed by atoms with E-state index in [0.717, 1.165) is 0 Å². The Morgan fingerprint density at radius 1 is 1.42 bits per heavy atom. The molecule has 0 unspecified atom stereocenters. The fraction of sp³-hybridized carbons (Fsp3) is 0.333. The van der Waals surface area contributed by atoms with Crippen LogP contribution in [0.4, 0.5) is 0 Å². The molecule has 1 atom stereocenters. The number of methoxy groups -OCH3 is 1. The van der Waals surface area contributed by atoms with Crippen LogP contribution in [0.5, 0.6) is 11.5 Å². The molecule has 0 amide bonds. The van der Waals surface area contributed by atoms with Crippen molar-refractivity contribution in [2.75, 3.05) is 7.11 Å². The van der Waals surface area contributed by atoms with Gasteiger partial charge >= 0.3 is 0 Å². The fourth-order valence-corrected chi connectivity index (χ4v) is 0.967. The van der Waals surface area contributed by atoms with Gasteiger partial charge in [0.15, 0.2) is 11.5 Å². The van der Waals surface area contributed by atoms with Gasteiger partial charge in [0, 0.05) is 0 Å². The first-order valence-corrected chi connectivity index (χ1v) is 3.70. The zero-order chi connectivity index (χ0) is 9.14. The molecule has 0 aliphatic rings. The smallest absolute Gasteiger partial charge is 0.160 e. The number of hydrogen-bond donors (Lipinski definition) is 2. The molecule has 0 saturated heterocycles. The van der Waals surface area contributed by atoms with Gasteiger partial charge in [0.05, 0.1) is 13.2 Å². The summed E-state index contributed by atoms with van der Waals surface area (Å²) in [5.41, 5.74) is 0.674. The van der Waals surface area contributed by atoms with Crippen LogP contribution in [0.3, 0.4) is 0 Å². The summed E-state index contributed by atoms with van der Waals surface area (Å²) < 4.78 is 4.85. The van der Waals surface area contributed by atoms with Crippen LogP contribution in [0.25, 0.3) is 0 Å². The molecule has 0 aromatic heterocycles. The van der Waals surface area contributed by atoms with Gasteiger partial charge in [-0.05, 0) is 24.6 Å². The number of aromatic hydroxyl groups is 1. The summed E-state index contributed by atoms with van der Waals surface area (Å²) in [7, 11) is 1.48. The van der Waals surface area contributed by atoms with Crippen molar-refractivity contribution < 1.29 is 14.9 Å². The average Bonchev–Trinajstić information content (AvgIpc) is 2.04. The van der Waals surface area contributed by atoms with E-state index in [2.05, 4.69) is 0 Å². The molecule has 3 heteroatoms. The maximum Gasteiger partial charge on any atom is 0.160 e. The van der Waals surface area contributed by atoms with E-state index < -0.39 is 6.10 Å². The Bertz CT molecular complexity index is 268. The van der Waals surface area contributed by atoms with Gasteiger partial charge in [-0.1, -0.05) is 6.07 Å². The standard InChI is InChI=1S/C9H12O3/c1-6(10)7-3-4-9(12-2)8(11)5-7/h3-6,10-11H,1-2H3/t6-/m1/s1. The second-order valence-corrected chi connectivity index (χ2v) is 2.61. The van der Waals surface area contributed by atoms with Crippen LogP contribution >= 0.6 is 0 Å². The van der Waals surface area contributed by atoms with E-state index in [1.807, 2.05) is 0 Å². The van der Waals surface area contributed by atoms with Crippen LogP contribution in [-0.2, 0) is 0 Å². The molecule has 0 spiro atoms.